The average molecular weight is 276 g/mol. The van der Waals surface area contributed by atoms with Crippen LogP contribution in [0.3, 0.4) is 0 Å². The zero-order valence-electron chi connectivity index (χ0n) is 9.82. The van der Waals surface area contributed by atoms with Crippen molar-refractivity contribution in [3.63, 3.8) is 0 Å². The molecule has 0 amide bonds. The van der Waals surface area contributed by atoms with Crippen LogP contribution in [0.15, 0.2) is 41.7 Å². The molecule has 19 heavy (non-hydrogen) atoms. The van der Waals surface area contributed by atoms with E-state index in [9.17, 15) is 4.79 Å². The van der Waals surface area contributed by atoms with Crippen molar-refractivity contribution in [2.24, 2.45) is 0 Å². The Bertz CT molecular complexity index is 774. The molecule has 0 aliphatic heterocycles. The maximum absolute atomic E-state index is 11.9. The number of nitrogen functional groups attached to an aromatic ring is 1. The molecule has 0 unspecified atom stereocenters. The highest BCUT2D eigenvalue weighted by atomic mass is 35.5. The molecule has 0 spiro atoms. The van der Waals surface area contributed by atoms with E-state index >= 15 is 0 Å². The highest BCUT2D eigenvalue weighted by molar-refractivity contribution is 6.31. The summed E-state index contributed by atoms with van der Waals surface area (Å²) in [5, 5.41) is 0.0243. The van der Waals surface area contributed by atoms with Crippen molar-refractivity contribution in [3.8, 4) is 0 Å². The maximum Gasteiger partial charge on any atom is 0.278 e. The van der Waals surface area contributed by atoms with Gasteiger partial charge in [-0.2, -0.15) is 0 Å². The number of imidazole rings is 1. The molecule has 0 saturated heterocycles. The summed E-state index contributed by atoms with van der Waals surface area (Å²) in [6, 6.07) is 5.70. The molecule has 6 nitrogen and oxygen atoms in total. The fourth-order valence-corrected chi connectivity index (χ4v) is 1.96. The fraction of sp³-hybridized carbons (Fsp3) is 0.0833. The number of anilines is 1. The normalized spacial score (nSPS) is 11.0. The first-order valence-electron chi connectivity index (χ1n) is 5.58. The Labute approximate surface area is 113 Å². The van der Waals surface area contributed by atoms with Gasteiger partial charge in [-0.15, -0.1) is 0 Å². The predicted octanol–water partition coefficient (Wildman–Crippen LogP) is 1.17. The van der Waals surface area contributed by atoms with E-state index in [1.807, 2.05) is 35.0 Å². The van der Waals surface area contributed by atoms with Gasteiger partial charge in [-0.25, -0.2) is 9.97 Å². The molecule has 3 aromatic heterocycles. The van der Waals surface area contributed by atoms with Crippen molar-refractivity contribution in [3.05, 3.63) is 58.1 Å². The third kappa shape index (κ3) is 2.06. The highest BCUT2D eigenvalue weighted by Gasteiger charge is 2.08. The van der Waals surface area contributed by atoms with Crippen LogP contribution in [0.5, 0.6) is 0 Å². The summed E-state index contributed by atoms with van der Waals surface area (Å²) >= 11 is 5.68. The summed E-state index contributed by atoms with van der Waals surface area (Å²) in [5.74, 6) is 0. The van der Waals surface area contributed by atoms with E-state index in [-0.39, 0.29) is 16.4 Å². The highest BCUT2D eigenvalue weighted by Crippen LogP contribution is 2.10. The summed E-state index contributed by atoms with van der Waals surface area (Å²) in [4.78, 5) is 20.1. The third-order valence-electron chi connectivity index (χ3n) is 2.77. The second kappa shape index (κ2) is 4.40. The van der Waals surface area contributed by atoms with Crippen LogP contribution in [0.2, 0.25) is 5.15 Å². The van der Waals surface area contributed by atoms with Gasteiger partial charge >= 0.3 is 0 Å². The maximum atomic E-state index is 11.9. The van der Waals surface area contributed by atoms with E-state index in [0.717, 1.165) is 11.3 Å². The van der Waals surface area contributed by atoms with E-state index in [0.29, 0.717) is 6.54 Å². The number of nitrogens with zero attached hydrogens (tertiary/aromatic N) is 4. The van der Waals surface area contributed by atoms with E-state index in [1.165, 1.54) is 10.9 Å². The van der Waals surface area contributed by atoms with Gasteiger partial charge in [-0.3, -0.25) is 9.36 Å². The monoisotopic (exact) mass is 275 g/mol. The molecule has 96 valence electrons. The van der Waals surface area contributed by atoms with Gasteiger partial charge < -0.3 is 10.1 Å². The summed E-state index contributed by atoms with van der Waals surface area (Å²) in [7, 11) is 0. The zero-order chi connectivity index (χ0) is 13.4. The van der Waals surface area contributed by atoms with E-state index in [2.05, 4.69) is 9.97 Å². The molecule has 3 heterocycles. The summed E-state index contributed by atoms with van der Waals surface area (Å²) < 4.78 is 3.26. The Hall–Kier alpha value is -2.34. The topological polar surface area (TPSA) is 78.2 Å². The molecular weight excluding hydrogens is 266 g/mol. The largest absolute Gasteiger partial charge is 0.392 e. The quantitative estimate of drug-likeness (QED) is 0.712. The number of hydrogen-bond donors (Lipinski definition) is 1. The molecule has 0 atom stereocenters. The first kappa shape index (κ1) is 11.7. The SMILES string of the molecule is Nc1c(Cl)ncn(Cc2cn3ccccc3n2)c1=O. The summed E-state index contributed by atoms with van der Waals surface area (Å²) in [5.41, 5.74) is 6.71. The Morgan fingerprint density at radius 3 is 3.00 bits per heavy atom. The summed E-state index contributed by atoms with van der Waals surface area (Å²) in [6.07, 6.45) is 5.11. The van der Waals surface area contributed by atoms with Crippen LogP contribution in [-0.2, 0) is 6.54 Å². The van der Waals surface area contributed by atoms with Crippen molar-refractivity contribution >= 4 is 22.9 Å². The molecule has 0 aliphatic rings. The molecule has 3 rings (SSSR count). The smallest absolute Gasteiger partial charge is 0.278 e. The first-order chi connectivity index (χ1) is 9.15. The van der Waals surface area contributed by atoms with Crippen molar-refractivity contribution in [2.45, 2.75) is 6.54 Å². The number of aromatic nitrogens is 4. The number of pyridine rings is 1. The minimum absolute atomic E-state index is 0.0243. The molecule has 2 N–H and O–H groups in total. The average Bonchev–Trinajstić information content (AvgIpc) is 2.82. The molecule has 0 radical (unpaired) electrons. The van der Waals surface area contributed by atoms with Gasteiger partial charge in [0.2, 0.25) is 0 Å². The molecule has 3 aromatic rings. The van der Waals surface area contributed by atoms with Crippen LogP contribution in [0.4, 0.5) is 5.69 Å². The molecule has 0 fully saturated rings. The molecule has 0 saturated carbocycles. The van der Waals surface area contributed by atoms with Crippen LogP contribution in [-0.4, -0.2) is 18.9 Å². The lowest BCUT2D eigenvalue weighted by Gasteiger charge is -2.04. The lowest BCUT2D eigenvalue weighted by molar-refractivity contribution is 0.726. The zero-order valence-corrected chi connectivity index (χ0v) is 10.6. The van der Waals surface area contributed by atoms with Gasteiger partial charge in [0.1, 0.15) is 11.3 Å². The van der Waals surface area contributed by atoms with Crippen LogP contribution in [0.1, 0.15) is 5.69 Å². The minimum atomic E-state index is -0.364. The molecule has 0 bridgehead atoms. The number of nitrogens with two attached hydrogens (primary N) is 1. The molecular formula is C12H10ClN5O. The van der Waals surface area contributed by atoms with Crippen LogP contribution < -0.4 is 11.3 Å². The van der Waals surface area contributed by atoms with E-state index in [1.54, 1.807) is 0 Å². The molecule has 7 heteroatoms. The third-order valence-corrected chi connectivity index (χ3v) is 3.07. The van der Waals surface area contributed by atoms with E-state index < -0.39 is 0 Å². The first-order valence-corrected chi connectivity index (χ1v) is 5.96. The predicted molar refractivity (Wildman–Crippen MR) is 72.2 cm³/mol. The van der Waals surface area contributed by atoms with Gasteiger partial charge in [0.15, 0.2) is 5.15 Å². The Morgan fingerprint density at radius 1 is 1.37 bits per heavy atom. The second-order valence-electron chi connectivity index (χ2n) is 4.08. The standard InChI is InChI=1S/C12H10ClN5O/c13-11-10(14)12(19)18(7-15-11)6-8-5-17-4-2-1-3-9(17)16-8/h1-5,7H,6,14H2. The fourth-order valence-electron chi connectivity index (χ4n) is 1.84. The van der Waals surface area contributed by atoms with Crippen LogP contribution >= 0.6 is 11.6 Å². The van der Waals surface area contributed by atoms with Gasteiger partial charge in [-0.05, 0) is 12.1 Å². The van der Waals surface area contributed by atoms with E-state index in [4.69, 9.17) is 17.3 Å². The van der Waals surface area contributed by atoms with Crippen molar-refractivity contribution in [2.75, 3.05) is 5.73 Å². The van der Waals surface area contributed by atoms with Gasteiger partial charge in [0.25, 0.3) is 5.56 Å². The van der Waals surface area contributed by atoms with Gasteiger partial charge in [-0.1, -0.05) is 17.7 Å². The lowest BCUT2D eigenvalue weighted by Crippen LogP contribution is -2.24. The second-order valence-corrected chi connectivity index (χ2v) is 4.44. The number of halogens is 1. The Balaban J connectivity index is 2.01. The van der Waals surface area contributed by atoms with Crippen molar-refractivity contribution < 1.29 is 0 Å². The molecule has 0 aliphatic carbocycles. The van der Waals surface area contributed by atoms with Crippen LogP contribution in [0.25, 0.3) is 5.65 Å². The number of fused-ring (bicyclic) bond motifs is 1. The summed E-state index contributed by atoms with van der Waals surface area (Å²) in [6.45, 7) is 0.300. The van der Waals surface area contributed by atoms with Gasteiger partial charge in [0, 0.05) is 12.4 Å². The molecule has 0 aromatic carbocycles. The van der Waals surface area contributed by atoms with Crippen LogP contribution in [0, 0.1) is 0 Å². The Morgan fingerprint density at radius 2 is 2.21 bits per heavy atom. The number of rotatable bonds is 2. The Kier molecular flexibility index (Phi) is 2.72. The van der Waals surface area contributed by atoms with Crippen molar-refractivity contribution in [1.82, 2.24) is 18.9 Å². The minimum Gasteiger partial charge on any atom is -0.392 e. The van der Waals surface area contributed by atoms with Crippen molar-refractivity contribution in [1.29, 1.82) is 0 Å². The van der Waals surface area contributed by atoms with Gasteiger partial charge in [0.05, 0.1) is 18.6 Å². The number of hydrogen-bond acceptors (Lipinski definition) is 4. The lowest BCUT2D eigenvalue weighted by atomic mass is 10.4.